The van der Waals surface area contributed by atoms with Crippen molar-refractivity contribution in [3.05, 3.63) is 59.7 Å². The number of phenolic OH excluding ortho intramolecular Hbond substituents is 1. The molecule has 0 saturated heterocycles. The minimum absolute atomic E-state index is 0.0252. The van der Waals surface area contributed by atoms with Gasteiger partial charge in [0.05, 0.1) is 5.75 Å². The van der Waals surface area contributed by atoms with E-state index in [1.54, 1.807) is 43.3 Å². The van der Waals surface area contributed by atoms with Crippen molar-refractivity contribution in [1.82, 2.24) is 4.72 Å². The van der Waals surface area contributed by atoms with E-state index in [4.69, 9.17) is 0 Å². The van der Waals surface area contributed by atoms with Gasteiger partial charge in [-0.2, -0.15) is 0 Å². The van der Waals surface area contributed by atoms with Gasteiger partial charge in [-0.1, -0.05) is 18.2 Å². The van der Waals surface area contributed by atoms with Crippen LogP contribution >= 0.6 is 0 Å². The Hall–Kier alpha value is -2.38. The number of rotatable bonds is 6. The fraction of sp³-hybridized carbons (Fsp3) is 0.188. The highest BCUT2D eigenvalue weighted by molar-refractivity contribution is 7.89. The predicted molar refractivity (Wildman–Crippen MR) is 88.8 cm³/mol. The Labute approximate surface area is 135 Å². The number of sulfonamides is 1. The van der Waals surface area contributed by atoms with Crippen molar-refractivity contribution >= 4 is 21.6 Å². The van der Waals surface area contributed by atoms with Gasteiger partial charge >= 0.3 is 0 Å². The second kappa shape index (κ2) is 7.26. The molecule has 0 saturated carbocycles. The van der Waals surface area contributed by atoms with Crippen LogP contribution in [0.3, 0.4) is 0 Å². The first-order valence-electron chi connectivity index (χ1n) is 7.06. The number of anilines is 1. The van der Waals surface area contributed by atoms with Gasteiger partial charge in [0.25, 0.3) is 5.91 Å². The molecule has 2 aromatic carbocycles. The molecule has 2 rings (SSSR count). The Morgan fingerprint density at radius 1 is 1.13 bits per heavy atom. The zero-order valence-corrected chi connectivity index (χ0v) is 13.4. The molecule has 6 nitrogen and oxygen atoms in total. The molecule has 1 amide bonds. The smallest absolute Gasteiger partial charge is 0.255 e. The number of aromatic hydroxyl groups is 1. The van der Waals surface area contributed by atoms with Crippen LogP contribution in [0.15, 0.2) is 48.5 Å². The number of amides is 1. The summed E-state index contributed by atoms with van der Waals surface area (Å²) in [6.45, 7) is 1.75. The largest absolute Gasteiger partial charge is 0.508 e. The van der Waals surface area contributed by atoms with Crippen molar-refractivity contribution in [1.29, 1.82) is 0 Å². The summed E-state index contributed by atoms with van der Waals surface area (Å²) in [5, 5.41) is 12.0. The summed E-state index contributed by atoms with van der Waals surface area (Å²) in [7, 11) is -3.24. The summed E-state index contributed by atoms with van der Waals surface area (Å²) in [5.41, 5.74) is 1.70. The van der Waals surface area contributed by atoms with E-state index in [1.807, 2.05) is 0 Å². The average Bonchev–Trinajstić information content (AvgIpc) is 2.53. The molecule has 0 bridgehead atoms. The maximum Gasteiger partial charge on any atom is 0.255 e. The van der Waals surface area contributed by atoms with Crippen LogP contribution in [-0.4, -0.2) is 25.2 Å². The second-order valence-corrected chi connectivity index (χ2v) is 7.02. The highest BCUT2D eigenvalue weighted by Crippen LogP contribution is 2.16. The van der Waals surface area contributed by atoms with E-state index < -0.39 is 10.0 Å². The minimum atomic E-state index is -3.24. The van der Waals surface area contributed by atoms with Gasteiger partial charge in [0.2, 0.25) is 10.0 Å². The molecule has 0 atom stereocenters. The lowest BCUT2D eigenvalue weighted by atomic mass is 10.1. The van der Waals surface area contributed by atoms with E-state index >= 15 is 0 Å². The molecule has 23 heavy (non-hydrogen) atoms. The fourth-order valence-corrected chi connectivity index (χ4v) is 2.45. The molecule has 0 aliphatic carbocycles. The molecule has 3 N–H and O–H groups in total. The number of hydrogen-bond donors (Lipinski definition) is 3. The lowest BCUT2D eigenvalue weighted by molar-refractivity contribution is 0.102. The van der Waals surface area contributed by atoms with E-state index in [0.29, 0.717) is 11.3 Å². The number of benzene rings is 2. The summed E-state index contributed by atoms with van der Waals surface area (Å²) in [6.07, 6.45) is 0. The third-order valence-corrected chi connectivity index (χ3v) is 4.54. The summed E-state index contributed by atoms with van der Waals surface area (Å²) in [4.78, 5) is 12.1. The Kier molecular flexibility index (Phi) is 5.36. The summed E-state index contributed by atoms with van der Waals surface area (Å²) < 4.78 is 25.2. The average molecular weight is 334 g/mol. The van der Waals surface area contributed by atoms with Crippen LogP contribution in [0.5, 0.6) is 5.75 Å². The number of hydrogen-bond acceptors (Lipinski definition) is 4. The van der Waals surface area contributed by atoms with E-state index in [1.165, 1.54) is 12.1 Å². The van der Waals surface area contributed by atoms with Gasteiger partial charge in [-0.05, 0) is 36.8 Å². The van der Waals surface area contributed by atoms with Gasteiger partial charge < -0.3 is 10.4 Å². The Bertz CT molecular complexity index is 786. The van der Waals surface area contributed by atoms with Crippen LogP contribution in [0.2, 0.25) is 0 Å². The standard InChI is InChI=1S/C16H18N2O4S/c1-2-23(21,22)17-11-12-6-8-13(9-7-12)16(20)18-14-4-3-5-15(19)10-14/h3-10,17,19H,2,11H2,1H3,(H,18,20). The fourth-order valence-electron chi connectivity index (χ4n) is 1.86. The lowest BCUT2D eigenvalue weighted by Gasteiger charge is -2.07. The molecule has 0 fully saturated rings. The zero-order chi connectivity index (χ0) is 16.9. The monoisotopic (exact) mass is 334 g/mol. The number of carbonyl (C=O) groups is 1. The van der Waals surface area contributed by atoms with Crippen LogP contribution in [0.25, 0.3) is 0 Å². The maximum absolute atomic E-state index is 12.1. The van der Waals surface area contributed by atoms with Gasteiger partial charge in [0.1, 0.15) is 5.75 Å². The first kappa shape index (κ1) is 17.0. The van der Waals surface area contributed by atoms with Gasteiger partial charge in [0.15, 0.2) is 0 Å². The van der Waals surface area contributed by atoms with Crippen molar-refractivity contribution in [3.8, 4) is 5.75 Å². The quantitative estimate of drug-likeness (QED) is 0.754. The minimum Gasteiger partial charge on any atom is -0.508 e. The maximum atomic E-state index is 12.1. The van der Waals surface area contributed by atoms with Crippen molar-refractivity contribution in [2.75, 3.05) is 11.1 Å². The SMILES string of the molecule is CCS(=O)(=O)NCc1ccc(C(=O)Nc2cccc(O)c2)cc1. The molecular weight excluding hydrogens is 316 g/mol. The second-order valence-electron chi connectivity index (χ2n) is 4.93. The highest BCUT2D eigenvalue weighted by atomic mass is 32.2. The third-order valence-electron chi connectivity index (χ3n) is 3.20. The molecule has 122 valence electrons. The van der Waals surface area contributed by atoms with Crippen LogP contribution in [0, 0.1) is 0 Å². The van der Waals surface area contributed by atoms with Crippen LogP contribution in [0.4, 0.5) is 5.69 Å². The Morgan fingerprint density at radius 2 is 1.83 bits per heavy atom. The van der Waals surface area contributed by atoms with Gasteiger partial charge in [-0.15, -0.1) is 0 Å². The first-order chi connectivity index (χ1) is 10.9. The Balaban J connectivity index is 2.00. The molecule has 0 aliphatic rings. The van der Waals surface area contributed by atoms with Gasteiger partial charge in [-0.25, -0.2) is 13.1 Å². The number of nitrogens with one attached hydrogen (secondary N) is 2. The molecular formula is C16H18N2O4S. The molecule has 0 spiro atoms. The predicted octanol–water partition coefficient (Wildman–Crippen LogP) is 2.08. The van der Waals surface area contributed by atoms with Crippen molar-refractivity contribution in [2.45, 2.75) is 13.5 Å². The first-order valence-corrected chi connectivity index (χ1v) is 8.71. The zero-order valence-electron chi connectivity index (χ0n) is 12.6. The van der Waals surface area contributed by atoms with E-state index in [0.717, 1.165) is 5.56 Å². The van der Waals surface area contributed by atoms with Crippen molar-refractivity contribution in [2.24, 2.45) is 0 Å². The summed E-state index contributed by atoms with van der Waals surface area (Å²) >= 11 is 0. The van der Waals surface area contributed by atoms with E-state index in [-0.39, 0.29) is 24.0 Å². The number of phenols is 1. The molecule has 0 unspecified atom stereocenters. The molecule has 0 aliphatic heterocycles. The topological polar surface area (TPSA) is 95.5 Å². The van der Waals surface area contributed by atoms with Gasteiger partial charge in [0, 0.05) is 23.9 Å². The van der Waals surface area contributed by atoms with Crippen LogP contribution in [0.1, 0.15) is 22.8 Å². The lowest BCUT2D eigenvalue weighted by Crippen LogP contribution is -2.24. The summed E-state index contributed by atoms with van der Waals surface area (Å²) in [5.74, 6) is -0.213. The van der Waals surface area contributed by atoms with Crippen LogP contribution in [-0.2, 0) is 16.6 Å². The molecule has 0 radical (unpaired) electrons. The molecule has 2 aromatic rings. The van der Waals surface area contributed by atoms with Gasteiger partial charge in [-0.3, -0.25) is 4.79 Å². The van der Waals surface area contributed by atoms with E-state index in [9.17, 15) is 18.3 Å². The molecule has 0 aromatic heterocycles. The van der Waals surface area contributed by atoms with Crippen LogP contribution < -0.4 is 10.0 Å². The Morgan fingerprint density at radius 3 is 2.43 bits per heavy atom. The van der Waals surface area contributed by atoms with Crippen molar-refractivity contribution < 1.29 is 18.3 Å². The normalized spacial score (nSPS) is 11.2. The number of carbonyl (C=O) groups excluding carboxylic acids is 1. The molecule has 7 heteroatoms. The van der Waals surface area contributed by atoms with E-state index in [2.05, 4.69) is 10.0 Å². The molecule has 0 heterocycles. The third kappa shape index (κ3) is 5.08. The van der Waals surface area contributed by atoms with Crippen molar-refractivity contribution in [3.63, 3.8) is 0 Å². The highest BCUT2D eigenvalue weighted by Gasteiger charge is 2.08. The summed E-state index contributed by atoms with van der Waals surface area (Å²) in [6, 6.07) is 12.9.